The molecule has 0 atom stereocenters. The van der Waals surface area contributed by atoms with Crippen molar-refractivity contribution < 1.29 is 0 Å². The molecule has 0 aliphatic heterocycles. The summed E-state index contributed by atoms with van der Waals surface area (Å²) in [7, 11) is 1.94. The van der Waals surface area contributed by atoms with Crippen molar-refractivity contribution >= 4 is 11.0 Å². The highest BCUT2D eigenvalue weighted by molar-refractivity contribution is 5.85. The Kier molecular flexibility index (Phi) is 2.53. The van der Waals surface area contributed by atoms with Crippen LogP contribution in [0.4, 0.5) is 0 Å². The number of nitriles is 1. The van der Waals surface area contributed by atoms with Gasteiger partial charge in [-0.3, -0.25) is 0 Å². The SMILES string of the molecule is Cc1cccc(-c2nc3c(C#N)cccc3n2C)n1. The molecule has 19 heavy (non-hydrogen) atoms. The minimum Gasteiger partial charge on any atom is -0.326 e. The summed E-state index contributed by atoms with van der Waals surface area (Å²) < 4.78 is 1.97. The number of nitrogens with zero attached hydrogens (tertiary/aromatic N) is 4. The van der Waals surface area contributed by atoms with E-state index in [1.165, 1.54) is 0 Å². The van der Waals surface area contributed by atoms with Crippen molar-refractivity contribution in [3.05, 3.63) is 47.7 Å². The molecule has 4 nitrogen and oxygen atoms in total. The van der Waals surface area contributed by atoms with Gasteiger partial charge in [0, 0.05) is 12.7 Å². The van der Waals surface area contributed by atoms with Crippen molar-refractivity contribution in [2.24, 2.45) is 7.05 Å². The number of aryl methyl sites for hydroxylation is 2. The second-order valence-corrected chi connectivity index (χ2v) is 4.44. The molecule has 0 bridgehead atoms. The summed E-state index contributed by atoms with van der Waals surface area (Å²) >= 11 is 0. The Morgan fingerprint density at radius 1 is 1.11 bits per heavy atom. The Morgan fingerprint density at radius 2 is 1.89 bits per heavy atom. The minimum atomic E-state index is 0.590. The second kappa shape index (κ2) is 4.21. The molecule has 0 spiro atoms. The first-order valence-corrected chi connectivity index (χ1v) is 6.00. The Balaban J connectivity index is 2.32. The van der Waals surface area contributed by atoms with Crippen LogP contribution in [0.25, 0.3) is 22.6 Å². The van der Waals surface area contributed by atoms with E-state index in [-0.39, 0.29) is 0 Å². The first kappa shape index (κ1) is 11.4. The number of hydrogen-bond acceptors (Lipinski definition) is 3. The summed E-state index contributed by atoms with van der Waals surface area (Å²) in [5.41, 5.74) is 4.03. The van der Waals surface area contributed by atoms with Crippen LogP contribution >= 0.6 is 0 Å². The lowest BCUT2D eigenvalue weighted by Gasteiger charge is -2.02. The maximum atomic E-state index is 9.14. The lowest BCUT2D eigenvalue weighted by molar-refractivity contribution is 0.947. The highest BCUT2D eigenvalue weighted by atomic mass is 15.1. The molecule has 0 radical (unpaired) electrons. The van der Waals surface area contributed by atoms with Gasteiger partial charge in [0.05, 0.1) is 11.1 Å². The highest BCUT2D eigenvalue weighted by Gasteiger charge is 2.13. The van der Waals surface area contributed by atoms with Gasteiger partial charge in [-0.05, 0) is 31.2 Å². The molecular formula is C15H12N4. The molecule has 4 heteroatoms. The van der Waals surface area contributed by atoms with Gasteiger partial charge < -0.3 is 4.57 Å². The van der Waals surface area contributed by atoms with Crippen molar-refractivity contribution in [3.63, 3.8) is 0 Å². The number of hydrogen-bond donors (Lipinski definition) is 0. The summed E-state index contributed by atoms with van der Waals surface area (Å²) in [5, 5.41) is 9.14. The molecule has 3 rings (SSSR count). The van der Waals surface area contributed by atoms with Gasteiger partial charge in [0.25, 0.3) is 0 Å². The average Bonchev–Trinajstić information content (AvgIpc) is 2.76. The molecule has 0 saturated carbocycles. The Bertz CT molecular complexity index is 809. The summed E-state index contributed by atoms with van der Waals surface area (Å²) in [6.07, 6.45) is 0. The van der Waals surface area contributed by atoms with Crippen LogP contribution in [-0.2, 0) is 7.05 Å². The van der Waals surface area contributed by atoms with Gasteiger partial charge >= 0.3 is 0 Å². The van der Waals surface area contributed by atoms with Gasteiger partial charge in [-0.25, -0.2) is 9.97 Å². The van der Waals surface area contributed by atoms with E-state index in [1.54, 1.807) is 6.07 Å². The van der Waals surface area contributed by atoms with Crippen molar-refractivity contribution in [1.82, 2.24) is 14.5 Å². The van der Waals surface area contributed by atoms with Gasteiger partial charge in [0.1, 0.15) is 17.3 Å². The van der Waals surface area contributed by atoms with E-state index in [0.717, 1.165) is 28.2 Å². The fourth-order valence-corrected chi connectivity index (χ4v) is 2.20. The monoisotopic (exact) mass is 248 g/mol. The van der Waals surface area contributed by atoms with Crippen LogP contribution in [0.15, 0.2) is 36.4 Å². The van der Waals surface area contributed by atoms with Crippen molar-refractivity contribution in [3.8, 4) is 17.6 Å². The van der Waals surface area contributed by atoms with E-state index in [2.05, 4.69) is 16.0 Å². The fraction of sp³-hybridized carbons (Fsp3) is 0.133. The topological polar surface area (TPSA) is 54.5 Å². The van der Waals surface area contributed by atoms with Crippen LogP contribution in [0, 0.1) is 18.3 Å². The zero-order valence-corrected chi connectivity index (χ0v) is 10.8. The second-order valence-electron chi connectivity index (χ2n) is 4.44. The lowest BCUT2D eigenvalue weighted by atomic mass is 10.2. The Labute approximate surface area is 111 Å². The zero-order valence-electron chi connectivity index (χ0n) is 10.8. The van der Waals surface area contributed by atoms with Crippen LogP contribution in [0.2, 0.25) is 0 Å². The van der Waals surface area contributed by atoms with Crippen molar-refractivity contribution in [2.45, 2.75) is 6.92 Å². The van der Waals surface area contributed by atoms with E-state index in [9.17, 15) is 0 Å². The lowest BCUT2D eigenvalue weighted by Crippen LogP contribution is -1.95. The minimum absolute atomic E-state index is 0.590. The molecule has 0 unspecified atom stereocenters. The predicted molar refractivity (Wildman–Crippen MR) is 73.4 cm³/mol. The third-order valence-corrected chi connectivity index (χ3v) is 3.15. The smallest absolute Gasteiger partial charge is 0.159 e. The predicted octanol–water partition coefficient (Wildman–Crippen LogP) is 2.82. The number of imidazole rings is 1. The number of benzene rings is 1. The van der Waals surface area contributed by atoms with Gasteiger partial charge in [-0.1, -0.05) is 12.1 Å². The third kappa shape index (κ3) is 1.76. The van der Waals surface area contributed by atoms with Gasteiger partial charge in [-0.15, -0.1) is 0 Å². The average molecular weight is 248 g/mol. The number of para-hydroxylation sites is 1. The van der Waals surface area contributed by atoms with Gasteiger partial charge in [0.2, 0.25) is 0 Å². The summed E-state index contributed by atoms with van der Waals surface area (Å²) in [5.74, 6) is 0.779. The van der Waals surface area contributed by atoms with Crippen LogP contribution in [0.1, 0.15) is 11.3 Å². The largest absolute Gasteiger partial charge is 0.326 e. The van der Waals surface area contributed by atoms with E-state index in [0.29, 0.717) is 5.56 Å². The maximum Gasteiger partial charge on any atom is 0.159 e. The van der Waals surface area contributed by atoms with Crippen molar-refractivity contribution in [1.29, 1.82) is 5.26 Å². The molecule has 0 N–H and O–H groups in total. The molecule has 3 aromatic rings. The van der Waals surface area contributed by atoms with E-state index >= 15 is 0 Å². The highest BCUT2D eigenvalue weighted by Crippen LogP contribution is 2.24. The van der Waals surface area contributed by atoms with E-state index in [4.69, 9.17) is 5.26 Å². The first-order chi connectivity index (χ1) is 9.20. The van der Waals surface area contributed by atoms with Crippen LogP contribution in [-0.4, -0.2) is 14.5 Å². The summed E-state index contributed by atoms with van der Waals surface area (Å²) in [6, 6.07) is 13.6. The molecule has 0 saturated heterocycles. The molecule has 2 heterocycles. The molecule has 0 amide bonds. The Morgan fingerprint density at radius 3 is 2.63 bits per heavy atom. The molecule has 0 aliphatic rings. The standard InChI is InChI=1S/C15H12N4/c1-10-5-3-7-12(17-10)15-18-14-11(9-16)6-4-8-13(14)19(15)2/h3-8H,1-2H3. The van der Waals surface area contributed by atoms with E-state index in [1.807, 2.05) is 48.9 Å². The van der Waals surface area contributed by atoms with E-state index < -0.39 is 0 Å². The molecule has 1 aromatic carbocycles. The van der Waals surface area contributed by atoms with Crippen LogP contribution < -0.4 is 0 Å². The van der Waals surface area contributed by atoms with Gasteiger partial charge in [-0.2, -0.15) is 5.26 Å². The summed E-state index contributed by atoms with van der Waals surface area (Å²) in [6.45, 7) is 1.95. The number of aromatic nitrogens is 3. The Hall–Kier alpha value is -2.67. The van der Waals surface area contributed by atoms with Crippen LogP contribution in [0.3, 0.4) is 0 Å². The maximum absolute atomic E-state index is 9.14. The molecular weight excluding hydrogens is 236 g/mol. The number of pyridine rings is 1. The zero-order chi connectivity index (χ0) is 13.4. The third-order valence-electron chi connectivity index (χ3n) is 3.15. The normalized spacial score (nSPS) is 10.6. The molecule has 0 aliphatic carbocycles. The molecule has 0 fully saturated rings. The molecule has 92 valence electrons. The van der Waals surface area contributed by atoms with Crippen molar-refractivity contribution in [2.75, 3.05) is 0 Å². The quantitative estimate of drug-likeness (QED) is 0.665. The van der Waals surface area contributed by atoms with Crippen LogP contribution in [0.5, 0.6) is 0 Å². The number of rotatable bonds is 1. The van der Waals surface area contributed by atoms with Gasteiger partial charge in [0.15, 0.2) is 5.82 Å². The summed E-state index contributed by atoms with van der Waals surface area (Å²) in [4.78, 5) is 9.06. The molecule has 2 aromatic heterocycles. The first-order valence-electron chi connectivity index (χ1n) is 6.00. The number of fused-ring (bicyclic) bond motifs is 1. The fourth-order valence-electron chi connectivity index (χ4n) is 2.20.